The molecule has 0 aliphatic carbocycles. The van der Waals surface area contributed by atoms with Gasteiger partial charge >= 0.3 is 33.0 Å². The van der Waals surface area contributed by atoms with Crippen molar-refractivity contribution in [2.24, 2.45) is 0 Å². The summed E-state index contributed by atoms with van der Waals surface area (Å²) in [4.78, 5) is 0. The minimum absolute atomic E-state index is 0. The van der Waals surface area contributed by atoms with Crippen LogP contribution in [0.3, 0.4) is 0 Å². The molecule has 0 N–H and O–H groups in total. The Hall–Kier alpha value is 0.633. The second-order valence-corrected chi connectivity index (χ2v) is 2.87. The van der Waals surface area contributed by atoms with Crippen molar-refractivity contribution < 1.29 is 44.7 Å². The second kappa shape index (κ2) is 5.38. The molecule has 0 unspecified atom stereocenters. The number of hydrogen-bond acceptors (Lipinski definition) is 0. The smallest absolute Gasteiger partial charge is 0 e. The molecule has 0 aromatic rings. The third kappa shape index (κ3) is 2460. The van der Waals surface area contributed by atoms with Gasteiger partial charge in [0.1, 0.15) is 0 Å². The van der Waals surface area contributed by atoms with Crippen molar-refractivity contribution >= 4 is 7.81 Å². The molecule has 0 saturated heterocycles. The fraction of sp³-hybridized carbons (Fsp3) is 0. The van der Waals surface area contributed by atoms with E-state index in [1.807, 2.05) is 0 Å². The van der Waals surface area contributed by atoms with Gasteiger partial charge in [-0.15, -0.1) is 0 Å². The SMILES string of the molecule is F[P-](F)(F)(F)(F)F.[CH3-].[CH3-].[CH3-].[CH3-].[Rh]. The van der Waals surface area contributed by atoms with Gasteiger partial charge in [-0.1, -0.05) is 0 Å². The average Bonchev–Trinajstić information content (AvgIpc) is 0.592. The van der Waals surface area contributed by atoms with Crippen molar-refractivity contribution in [3.63, 3.8) is 0 Å². The van der Waals surface area contributed by atoms with Crippen LogP contribution in [0.2, 0.25) is 0 Å². The van der Waals surface area contributed by atoms with Gasteiger partial charge in [-0.05, 0) is 0 Å². The Morgan fingerprint density at radius 3 is 0.500 bits per heavy atom. The average molecular weight is 308 g/mol. The van der Waals surface area contributed by atoms with Crippen LogP contribution in [0.1, 0.15) is 0 Å². The maximum atomic E-state index is 9.87. The van der Waals surface area contributed by atoms with Crippen molar-refractivity contribution in [2.45, 2.75) is 0 Å². The van der Waals surface area contributed by atoms with Gasteiger partial charge in [-0.2, -0.15) is 0 Å². The van der Waals surface area contributed by atoms with Crippen molar-refractivity contribution in [3.05, 3.63) is 29.7 Å². The third-order valence-corrected chi connectivity index (χ3v) is 0. The van der Waals surface area contributed by atoms with Crippen molar-refractivity contribution in [1.82, 2.24) is 0 Å². The van der Waals surface area contributed by atoms with Crippen LogP contribution in [0.25, 0.3) is 0 Å². The Bertz CT molecular complexity index is 78.1. The number of hydrogen-bond donors (Lipinski definition) is 0. The summed E-state index contributed by atoms with van der Waals surface area (Å²) in [5, 5.41) is 0. The van der Waals surface area contributed by atoms with Crippen LogP contribution in [-0.4, -0.2) is 0 Å². The van der Waals surface area contributed by atoms with Crippen LogP contribution < -0.4 is 0 Å². The van der Waals surface area contributed by atoms with Crippen LogP contribution in [0, 0.1) is 29.7 Å². The maximum absolute atomic E-state index is 10.7. The molecule has 0 heterocycles. The first kappa shape index (κ1) is 38.9. The summed E-state index contributed by atoms with van der Waals surface area (Å²) in [5.74, 6) is 0. The normalized spacial score (nSPS) is 13.5. The minimum atomic E-state index is -10.7. The molecule has 0 saturated carbocycles. The van der Waals surface area contributed by atoms with Crippen LogP contribution in [0.4, 0.5) is 25.2 Å². The molecule has 12 heavy (non-hydrogen) atoms. The van der Waals surface area contributed by atoms with Crippen LogP contribution in [0.5, 0.6) is 0 Å². The predicted octanol–water partition coefficient (Wildman–Crippen LogP) is 5.18. The van der Waals surface area contributed by atoms with Crippen LogP contribution >= 0.6 is 7.81 Å². The molecule has 0 aromatic carbocycles. The Kier molecular flexibility index (Phi) is 17.4. The molecule has 0 spiro atoms. The van der Waals surface area contributed by atoms with Gasteiger partial charge in [-0.25, -0.2) is 0 Å². The zero-order valence-corrected chi connectivity index (χ0v) is 9.58. The molecule has 0 atom stereocenters. The van der Waals surface area contributed by atoms with E-state index in [2.05, 4.69) is 0 Å². The monoisotopic (exact) mass is 308 g/mol. The largest absolute Gasteiger partial charge is 0.358 e. The fourth-order valence-electron chi connectivity index (χ4n) is 0. The summed E-state index contributed by atoms with van der Waals surface area (Å²) >= 11 is 0. The quantitative estimate of drug-likeness (QED) is 0.250. The Morgan fingerprint density at radius 1 is 0.500 bits per heavy atom. The topological polar surface area (TPSA) is 0 Å². The fourth-order valence-corrected chi connectivity index (χ4v) is 0. The molecule has 0 rings (SSSR count). The maximum Gasteiger partial charge on any atom is 0 e. The first-order valence-corrected chi connectivity index (χ1v) is 3.04. The molecular weight excluding hydrogens is 296 g/mol. The third-order valence-electron chi connectivity index (χ3n) is 0. The van der Waals surface area contributed by atoms with Gasteiger partial charge in [0.25, 0.3) is 0 Å². The molecule has 89 valence electrons. The zero-order chi connectivity index (χ0) is 6.41. The van der Waals surface area contributed by atoms with Gasteiger partial charge in [0.15, 0.2) is 0 Å². The molecule has 0 aromatic heterocycles. The van der Waals surface area contributed by atoms with Gasteiger partial charge < -0.3 is 29.7 Å². The summed E-state index contributed by atoms with van der Waals surface area (Å²) in [6.07, 6.45) is 0. The molecule has 1 radical (unpaired) electrons. The van der Waals surface area contributed by atoms with E-state index in [4.69, 9.17) is 0 Å². The van der Waals surface area contributed by atoms with Gasteiger partial charge in [0.05, 0.1) is 0 Å². The van der Waals surface area contributed by atoms with E-state index in [9.17, 15) is 25.2 Å². The first-order valence-electron chi connectivity index (χ1n) is 1.01. The van der Waals surface area contributed by atoms with Crippen LogP contribution in [-0.2, 0) is 19.5 Å². The standard InChI is InChI=1S/4CH3.F6P.Rh/c;;;;1-7(2,3,4,5)6;/h4*1H3;;/q5*-1;. The van der Waals surface area contributed by atoms with E-state index < -0.39 is 7.81 Å². The molecule has 0 aliphatic rings. The van der Waals surface area contributed by atoms with Gasteiger partial charge in [0.2, 0.25) is 0 Å². The molecule has 0 amide bonds. The van der Waals surface area contributed by atoms with E-state index >= 15 is 0 Å². The summed E-state index contributed by atoms with van der Waals surface area (Å²) in [5.41, 5.74) is 0. The predicted molar refractivity (Wildman–Crippen MR) is 39.2 cm³/mol. The Labute approximate surface area is 82.7 Å². The van der Waals surface area contributed by atoms with Gasteiger partial charge in [0, 0.05) is 19.5 Å². The molecule has 0 fully saturated rings. The summed E-state index contributed by atoms with van der Waals surface area (Å²) in [6.45, 7) is 0. The molecule has 0 bridgehead atoms. The van der Waals surface area contributed by atoms with E-state index in [-0.39, 0.29) is 49.2 Å². The number of rotatable bonds is 0. The molecule has 0 nitrogen and oxygen atoms in total. The van der Waals surface area contributed by atoms with E-state index in [0.29, 0.717) is 0 Å². The molecule has 0 aliphatic heterocycles. The summed E-state index contributed by atoms with van der Waals surface area (Å²) < 4.78 is 59.2. The van der Waals surface area contributed by atoms with Crippen molar-refractivity contribution in [3.8, 4) is 0 Å². The summed E-state index contributed by atoms with van der Waals surface area (Å²) in [6, 6.07) is 0. The van der Waals surface area contributed by atoms with Crippen LogP contribution in [0.15, 0.2) is 0 Å². The minimum Gasteiger partial charge on any atom is -0.358 e. The van der Waals surface area contributed by atoms with Crippen molar-refractivity contribution in [1.29, 1.82) is 0 Å². The first-order chi connectivity index (χ1) is 2.45. The van der Waals surface area contributed by atoms with Crippen molar-refractivity contribution in [2.75, 3.05) is 0 Å². The number of halogens is 6. The Morgan fingerprint density at radius 2 is 0.500 bits per heavy atom. The van der Waals surface area contributed by atoms with E-state index in [1.54, 1.807) is 0 Å². The summed E-state index contributed by atoms with van der Waals surface area (Å²) in [7, 11) is -10.7. The molecule has 8 heteroatoms. The zero-order valence-electron chi connectivity index (χ0n) is 7.05. The second-order valence-electron chi connectivity index (χ2n) is 0.958. The van der Waals surface area contributed by atoms with E-state index in [1.165, 1.54) is 0 Å². The van der Waals surface area contributed by atoms with E-state index in [0.717, 1.165) is 0 Å². The van der Waals surface area contributed by atoms with Gasteiger partial charge in [-0.3, -0.25) is 0 Å². The molecular formula is C4H12F6PRh-5. The Balaban J connectivity index is -0.0000000180.